The lowest BCUT2D eigenvalue weighted by Gasteiger charge is -2.33. The van der Waals surface area contributed by atoms with Gasteiger partial charge in [0.05, 0.1) is 27.2 Å². The van der Waals surface area contributed by atoms with Crippen LogP contribution in [0.2, 0.25) is 0 Å². The van der Waals surface area contributed by atoms with Gasteiger partial charge in [-0.15, -0.1) is 0 Å². The summed E-state index contributed by atoms with van der Waals surface area (Å²) in [6.07, 6.45) is 3.50. The minimum absolute atomic E-state index is 0.205. The maximum absolute atomic E-state index is 13.0. The van der Waals surface area contributed by atoms with Crippen molar-refractivity contribution in [3.05, 3.63) is 102 Å². The van der Waals surface area contributed by atoms with Crippen molar-refractivity contribution in [3.8, 4) is 5.75 Å². The van der Waals surface area contributed by atoms with Gasteiger partial charge in [-0.3, -0.25) is 10.7 Å². The number of fused-ring (bicyclic) bond motifs is 1. The molecular weight excluding hydrogens is 488 g/mol. The normalized spacial score (nSPS) is 17.0. The fourth-order valence-electron chi connectivity index (χ4n) is 4.01. The number of aromatic amines is 1. The van der Waals surface area contributed by atoms with Crippen LogP contribution in [0.5, 0.6) is 5.75 Å². The summed E-state index contributed by atoms with van der Waals surface area (Å²) in [6.45, 7) is 3.67. The van der Waals surface area contributed by atoms with Gasteiger partial charge >= 0.3 is 0 Å². The molecule has 5 N–H and O–H groups in total. The van der Waals surface area contributed by atoms with Crippen LogP contribution in [0.15, 0.2) is 95.1 Å². The molecule has 2 aromatic carbocycles. The number of ether oxygens (including phenoxy) is 1. The van der Waals surface area contributed by atoms with E-state index >= 15 is 0 Å². The van der Waals surface area contributed by atoms with E-state index in [2.05, 4.69) is 20.6 Å². The molecule has 1 aliphatic rings. The van der Waals surface area contributed by atoms with E-state index in [9.17, 15) is 8.42 Å². The second-order valence-corrected chi connectivity index (χ2v) is 11.4. The highest BCUT2D eigenvalue weighted by Crippen LogP contribution is 2.33. The fraction of sp³-hybridized carbons (Fsp3) is 0.185. The van der Waals surface area contributed by atoms with Crippen molar-refractivity contribution in [1.82, 2.24) is 9.97 Å². The maximum atomic E-state index is 13.0. The van der Waals surface area contributed by atoms with Gasteiger partial charge in [-0.05, 0) is 68.4 Å². The Bertz CT molecular complexity index is 1530. The third kappa shape index (κ3) is 4.93. The quantitative estimate of drug-likeness (QED) is 0.289. The Kier molecular flexibility index (Phi) is 6.45. The first-order valence-electron chi connectivity index (χ1n) is 11.8. The van der Waals surface area contributed by atoms with E-state index in [-0.39, 0.29) is 4.90 Å². The van der Waals surface area contributed by atoms with Crippen LogP contribution in [-0.4, -0.2) is 29.5 Å². The lowest BCUT2D eigenvalue weighted by Crippen LogP contribution is -2.47. The standard InChI is InChI=1S/C27H28N6O3S/c1-18(2)37(34,35)24-9-4-3-8-22(24)31-26-25-23(14-16-30-25)32-27(28,33-26)19-10-12-21(13-11-19)36-17-20-7-5-6-15-29-20/h3-16,18,30,32H,17,28H2,1-2H3,(H,31,33). The molecule has 5 rings (SSSR count). The summed E-state index contributed by atoms with van der Waals surface area (Å²) >= 11 is 0. The predicted octanol–water partition coefficient (Wildman–Crippen LogP) is 4.22. The molecule has 1 unspecified atom stereocenters. The van der Waals surface area contributed by atoms with E-state index in [0.717, 1.165) is 11.4 Å². The van der Waals surface area contributed by atoms with E-state index in [4.69, 9.17) is 15.5 Å². The summed E-state index contributed by atoms with van der Waals surface area (Å²) in [4.78, 5) is 12.4. The molecule has 1 aliphatic heterocycles. The van der Waals surface area contributed by atoms with E-state index in [1.807, 2.05) is 48.5 Å². The number of anilines is 2. The number of benzene rings is 2. The number of H-pyrrole nitrogens is 1. The van der Waals surface area contributed by atoms with Crippen LogP contribution in [0, 0.1) is 0 Å². The fourth-order valence-corrected chi connectivity index (χ4v) is 5.21. The van der Waals surface area contributed by atoms with Gasteiger partial charge in [-0.25, -0.2) is 13.4 Å². The second-order valence-electron chi connectivity index (χ2n) is 8.97. The first-order chi connectivity index (χ1) is 17.8. The Morgan fingerprint density at radius 3 is 2.51 bits per heavy atom. The Morgan fingerprint density at radius 1 is 1.03 bits per heavy atom. The average molecular weight is 517 g/mol. The summed E-state index contributed by atoms with van der Waals surface area (Å²) < 4.78 is 31.8. The molecule has 190 valence electrons. The maximum Gasteiger partial charge on any atom is 0.211 e. The summed E-state index contributed by atoms with van der Waals surface area (Å²) in [5, 5.41) is 5.92. The summed E-state index contributed by atoms with van der Waals surface area (Å²) in [6, 6.07) is 21.7. The van der Waals surface area contributed by atoms with Crippen LogP contribution in [0.25, 0.3) is 0 Å². The minimum atomic E-state index is -3.53. The number of para-hydroxylation sites is 1. The Morgan fingerprint density at radius 2 is 1.78 bits per heavy atom. The zero-order chi connectivity index (χ0) is 26.0. The molecule has 37 heavy (non-hydrogen) atoms. The Labute approximate surface area is 215 Å². The summed E-state index contributed by atoms with van der Waals surface area (Å²) in [7, 11) is -3.53. The number of nitrogens with one attached hydrogen (secondary N) is 3. The first-order valence-corrected chi connectivity index (χ1v) is 13.4. The number of rotatable bonds is 7. The first kappa shape index (κ1) is 24.5. The summed E-state index contributed by atoms with van der Waals surface area (Å²) in [5.74, 6) is -0.211. The van der Waals surface area contributed by atoms with E-state index < -0.39 is 20.9 Å². The number of sulfone groups is 1. The Hall–Kier alpha value is -4.15. The van der Waals surface area contributed by atoms with Crippen molar-refractivity contribution in [2.75, 3.05) is 10.6 Å². The predicted molar refractivity (Wildman–Crippen MR) is 144 cm³/mol. The van der Waals surface area contributed by atoms with Gasteiger partial charge in [0, 0.05) is 18.0 Å². The van der Waals surface area contributed by atoms with E-state index in [1.54, 1.807) is 50.5 Å². The third-order valence-corrected chi connectivity index (χ3v) is 8.28. The molecular formula is C27H28N6O3S. The molecule has 0 spiro atoms. The number of hydrogen-bond donors (Lipinski definition) is 4. The lowest BCUT2D eigenvalue weighted by atomic mass is 10.1. The van der Waals surface area contributed by atoms with Crippen LogP contribution < -0.4 is 21.1 Å². The minimum Gasteiger partial charge on any atom is -0.487 e. The van der Waals surface area contributed by atoms with Crippen LogP contribution in [0.1, 0.15) is 30.8 Å². The van der Waals surface area contributed by atoms with Crippen LogP contribution in [0.3, 0.4) is 0 Å². The van der Waals surface area contributed by atoms with E-state index in [0.29, 0.717) is 35.1 Å². The average Bonchev–Trinajstić information content (AvgIpc) is 3.37. The highest BCUT2D eigenvalue weighted by atomic mass is 32.2. The number of hydrogen-bond acceptors (Lipinski definition) is 8. The van der Waals surface area contributed by atoms with Gasteiger partial charge in [0.1, 0.15) is 18.1 Å². The van der Waals surface area contributed by atoms with Gasteiger partial charge in [-0.2, -0.15) is 0 Å². The van der Waals surface area contributed by atoms with Gasteiger partial charge in [0.2, 0.25) is 5.79 Å². The molecule has 9 nitrogen and oxygen atoms in total. The highest BCUT2D eigenvalue weighted by molar-refractivity contribution is 7.92. The van der Waals surface area contributed by atoms with Gasteiger partial charge in [0.25, 0.3) is 0 Å². The third-order valence-electron chi connectivity index (χ3n) is 6.07. The van der Waals surface area contributed by atoms with Crippen LogP contribution in [-0.2, 0) is 22.2 Å². The zero-order valence-electron chi connectivity index (χ0n) is 20.5. The molecule has 0 saturated heterocycles. The van der Waals surface area contributed by atoms with Crippen molar-refractivity contribution >= 4 is 27.0 Å². The molecule has 10 heteroatoms. The van der Waals surface area contributed by atoms with Gasteiger partial charge < -0.3 is 20.4 Å². The number of nitrogens with zero attached hydrogens (tertiary/aromatic N) is 2. The van der Waals surface area contributed by atoms with Crippen molar-refractivity contribution in [3.63, 3.8) is 0 Å². The van der Waals surface area contributed by atoms with Crippen molar-refractivity contribution < 1.29 is 13.2 Å². The molecule has 0 aliphatic carbocycles. The molecule has 4 aromatic rings. The summed E-state index contributed by atoms with van der Waals surface area (Å²) in [5.41, 5.74) is 10.1. The van der Waals surface area contributed by atoms with Gasteiger partial charge in [-0.1, -0.05) is 18.2 Å². The van der Waals surface area contributed by atoms with Crippen molar-refractivity contribution in [2.45, 2.75) is 36.4 Å². The largest absolute Gasteiger partial charge is 0.487 e. The number of pyridine rings is 1. The molecule has 0 fully saturated rings. The van der Waals surface area contributed by atoms with Gasteiger partial charge in [0.15, 0.2) is 15.7 Å². The number of aliphatic imine (C=N–C) groups is 1. The molecule has 0 bridgehead atoms. The van der Waals surface area contributed by atoms with Crippen molar-refractivity contribution in [2.24, 2.45) is 10.7 Å². The van der Waals surface area contributed by atoms with E-state index in [1.165, 1.54) is 0 Å². The smallest absolute Gasteiger partial charge is 0.211 e. The van der Waals surface area contributed by atoms with Crippen LogP contribution in [0.4, 0.5) is 11.4 Å². The topological polar surface area (TPSA) is 134 Å². The zero-order valence-corrected chi connectivity index (χ0v) is 21.3. The van der Waals surface area contributed by atoms with Crippen LogP contribution >= 0.6 is 0 Å². The monoisotopic (exact) mass is 516 g/mol. The molecule has 3 heterocycles. The molecule has 2 aromatic heterocycles. The lowest BCUT2D eigenvalue weighted by molar-refractivity contribution is 0.301. The molecule has 0 amide bonds. The highest BCUT2D eigenvalue weighted by Gasteiger charge is 2.34. The Balaban J connectivity index is 1.44. The molecule has 0 radical (unpaired) electrons. The molecule has 0 saturated carbocycles. The number of nitrogens with two attached hydrogens (primary N) is 1. The number of aromatic nitrogens is 2. The number of amidine groups is 1. The van der Waals surface area contributed by atoms with Crippen molar-refractivity contribution in [1.29, 1.82) is 0 Å². The molecule has 1 atom stereocenters. The SMILES string of the molecule is CC(C)S(=O)(=O)c1ccccc1NC1=NC(N)(c2ccc(OCc3ccccn3)cc2)Nc2cc[nH]c21. The second kappa shape index (κ2) is 9.72.